The molecule has 0 spiro atoms. The van der Waals surface area contributed by atoms with Crippen molar-refractivity contribution in [2.24, 2.45) is 0 Å². The third-order valence-electron chi connectivity index (χ3n) is 4.73. The molecule has 1 aliphatic heterocycles. The molecule has 2 aromatic heterocycles. The van der Waals surface area contributed by atoms with Crippen molar-refractivity contribution in [1.29, 1.82) is 0 Å². The minimum absolute atomic E-state index is 0.137. The number of fused-ring (bicyclic) bond motifs is 1. The zero-order chi connectivity index (χ0) is 19.4. The van der Waals surface area contributed by atoms with Gasteiger partial charge < -0.3 is 4.90 Å². The van der Waals surface area contributed by atoms with E-state index >= 15 is 0 Å². The van der Waals surface area contributed by atoms with Crippen molar-refractivity contribution in [1.82, 2.24) is 24.4 Å². The van der Waals surface area contributed by atoms with E-state index in [1.807, 2.05) is 25.1 Å². The van der Waals surface area contributed by atoms with Crippen molar-refractivity contribution in [3.8, 4) is 0 Å². The van der Waals surface area contributed by atoms with Crippen LogP contribution >= 0.6 is 0 Å². The van der Waals surface area contributed by atoms with Crippen molar-refractivity contribution in [3.05, 3.63) is 47.0 Å². The van der Waals surface area contributed by atoms with E-state index in [2.05, 4.69) is 15.2 Å². The fraction of sp³-hybridized carbons (Fsp3) is 0.500. The number of rotatable bonds is 7. The van der Waals surface area contributed by atoms with Crippen molar-refractivity contribution in [2.75, 3.05) is 25.9 Å². The fourth-order valence-electron chi connectivity index (χ4n) is 3.21. The number of H-pyrrole nitrogens is 1. The lowest BCUT2D eigenvalue weighted by Gasteiger charge is -2.26. The Hall–Kier alpha value is -2.26. The van der Waals surface area contributed by atoms with E-state index in [0.29, 0.717) is 43.7 Å². The lowest BCUT2D eigenvalue weighted by molar-refractivity contribution is 0.0789. The average Bonchev–Trinajstić information content (AvgIpc) is 3.09. The van der Waals surface area contributed by atoms with Gasteiger partial charge in [-0.05, 0) is 25.0 Å². The number of carbonyl (C=O) groups excluding carboxylic acids is 1. The number of likely N-dealkylation sites (N-methyl/N-ethyl adjacent to an activating group) is 1. The van der Waals surface area contributed by atoms with Gasteiger partial charge in [-0.25, -0.2) is 8.42 Å². The number of carbonyl (C=O) groups is 1. The molecule has 9 heteroatoms. The van der Waals surface area contributed by atoms with Gasteiger partial charge in [0, 0.05) is 44.0 Å². The summed E-state index contributed by atoms with van der Waals surface area (Å²) in [4.78, 5) is 18.7. The van der Waals surface area contributed by atoms with Crippen LogP contribution in [0.25, 0.3) is 0 Å². The summed E-state index contributed by atoms with van der Waals surface area (Å²) < 4.78 is 26.0. The quantitative estimate of drug-likeness (QED) is 0.765. The third kappa shape index (κ3) is 4.36. The minimum atomic E-state index is -3.26. The van der Waals surface area contributed by atoms with Gasteiger partial charge in [0.2, 0.25) is 10.0 Å². The Bertz CT molecular complexity index is 895. The second kappa shape index (κ2) is 8.18. The van der Waals surface area contributed by atoms with Crippen LogP contribution in [-0.2, 0) is 29.4 Å². The van der Waals surface area contributed by atoms with Crippen LogP contribution in [0.1, 0.15) is 40.8 Å². The molecule has 146 valence electrons. The summed E-state index contributed by atoms with van der Waals surface area (Å²) in [7, 11) is -1.52. The van der Waals surface area contributed by atoms with Crippen LogP contribution in [0.5, 0.6) is 0 Å². The van der Waals surface area contributed by atoms with E-state index in [1.165, 1.54) is 4.31 Å². The molecule has 2 aromatic rings. The van der Waals surface area contributed by atoms with Gasteiger partial charge in [-0.3, -0.25) is 14.9 Å². The van der Waals surface area contributed by atoms with Crippen LogP contribution < -0.4 is 0 Å². The van der Waals surface area contributed by atoms with Crippen molar-refractivity contribution >= 4 is 15.9 Å². The van der Waals surface area contributed by atoms with Gasteiger partial charge in [0.15, 0.2) is 5.69 Å². The summed E-state index contributed by atoms with van der Waals surface area (Å²) in [5.41, 5.74) is 2.86. The molecule has 0 fully saturated rings. The van der Waals surface area contributed by atoms with Crippen LogP contribution in [0.3, 0.4) is 0 Å². The largest absolute Gasteiger partial charge is 0.340 e. The van der Waals surface area contributed by atoms with Gasteiger partial charge in [0.05, 0.1) is 18.0 Å². The first-order valence-corrected chi connectivity index (χ1v) is 10.7. The number of nitrogens with zero attached hydrogens (tertiary/aromatic N) is 4. The maximum atomic E-state index is 12.8. The molecular weight excluding hydrogens is 366 g/mol. The topological polar surface area (TPSA) is 99.3 Å². The highest BCUT2D eigenvalue weighted by Crippen LogP contribution is 2.23. The number of hydrogen-bond acceptors (Lipinski definition) is 5. The number of amides is 1. The van der Waals surface area contributed by atoms with Gasteiger partial charge in [0.25, 0.3) is 5.91 Å². The molecule has 3 heterocycles. The molecular formula is C18H25N5O3S. The Kier molecular flexibility index (Phi) is 5.91. The van der Waals surface area contributed by atoms with Crippen molar-refractivity contribution in [2.45, 2.75) is 32.7 Å². The molecule has 0 atom stereocenters. The highest BCUT2D eigenvalue weighted by molar-refractivity contribution is 7.89. The molecule has 3 rings (SSSR count). The van der Waals surface area contributed by atoms with Crippen LogP contribution in [0, 0.1) is 0 Å². The summed E-state index contributed by atoms with van der Waals surface area (Å²) in [6.45, 7) is 3.01. The lowest BCUT2D eigenvalue weighted by Crippen LogP contribution is -2.38. The predicted octanol–water partition coefficient (Wildman–Crippen LogP) is 1.22. The van der Waals surface area contributed by atoms with Crippen LogP contribution in [0.15, 0.2) is 24.4 Å². The summed E-state index contributed by atoms with van der Waals surface area (Å²) in [5, 5.41) is 7.05. The molecule has 0 bridgehead atoms. The Morgan fingerprint density at radius 1 is 1.37 bits per heavy atom. The smallest absolute Gasteiger partial charge is 0.274 e. The van der Waals surface area contributed by atoms with E-state index < -0.39 is 10.0 Å². The molecule has 1 amide bonds. The highest BCUT2D eigenvalue weighted by atomic mass is 32.2. The molecule has 0 radical (unpaired) electrons. The van der Waals surface area contributed by atoms with Gasteiger partial charge >= 0.3 is 0 Å². The van der Waals surface area contributed by atoms with Crippen molar-refractivity contribution in [3.63, 3.8) is 0 Å². The minimum Gasteiger partial charge on any atom is -0.340 e. The van der Waals surface area contributed by atoms with Crippen LogP contribution in [0.4, 0.5) is 0 Å². The Morgan fingerprint density at radius 2 is 2.19 bits per heavy atom. The average molecular weight is 391 g/mol. The molecule has 1 aliphatic rings. The van der Waals surface area contributed by atoms with E-state index in [-0.39, 0.29) is 18.2 Å². The maximum Gasteiger partial charge on any atom is 0.274 e. The van der Waals surface area contributed by atoms with E-state index in [1.54, 1.807) is 18.1 Å². The normalized spacial score (nSPS) is 14.7. The zero-order valence-electron chi connectivity index (χ0n) is 15.7. The molecule has 0 unspecified atom stereocenters. The second-order valence-electron chi connectivity index (χ2n) is 6.73. The first kappa shape index (κ1) is 19.5. The fourth-order valence-corrected chi connectivity index (χ4v) is 4.67. The molecule has 0 saturated carbocycles. The summed E-state index contributed by atoms with van der Waals surface area (Å²) in [5.74, 6) is -0.0216. The molecule has 0 aromatic carbocycles. The van der Waals surface area contributed by atoms with Crippen molar-refractivity contribution < 1.29 is 13.2 Å². The Morgan fingerprint density at radius 3 is 2.89 bits per heavy atom. The Labute approximate surface area is 159 Å². The monoisotopic (exact) mass is 391 g/mol. The van der Waals surface area contributed by atoms with Gasteiger partial charge in [-0.2, -0.15) is 9.40 Å². The van der Waals surface area contributed by atoms with Gasteiger partial charge in [-0.1, -0.05) is 13.0 Å². The second-order valence-corrected chi connectivity index (χ2v) is 8.82. The van der Waals surface area contributed by atoms with Gasteiger partial charge in [-0.15, -0.1) is 0 Å². The number of hydrogen-bond donors (Lipinski definition) is 1. The van der Waals surface area contributed by atoms with E-state index in [0.717, 1.165) is 11.3 Å². The van der Waals surface area contributed by atoms with Gasteiger partial charge in [0.1, 0.15) is 0 Å². The standard InChI is InChI=1S/C18H25N5O3S/c1-3-12-27(25,26)23-11-8-15-16(13-23)20-21-17(15)18(24)22(2)10-7-14-6-4-5-9-19-14/h4-6,9H,3,7-8,10-13H2,1-2H3,(H,20,21). The molecule has 1 N–H and O–H groups in total. The molecule has 27 heavy (non-hydrogen) atoms. The SMILES string of the molecule is CCCS(=O)(=O)N1CCc2c(C(=O)N(C)CCc3ccccn3)n[nH]c2C1. The van der Waals surface area contributed by atoms with E-state index in [4.69, 9.17) is 0 Å². The molecule has 0 aliphatic carbocycles. The molecule has 0 saturated heterocycles. The summed E-state index contributed by atoms with van der Waals surface area (Å²) >= 11 is 0. The third-order valence-corrected chi connectivity index (χ3v) is 6.76. The maximum absolute atomic E-state index is 12.8. The summed E-state index contributed by atoms with van der Waals surface area (Å²) in [6, 6.07) is 5.71. The highest BCUT2D eigenvalue weighted by Gasteiger charge is 2.31. The lowest BCUT2D eigenvalue weighted by atomic mass is 10.1. The van der Waals surface area contributed by atoms with Crippen LogP contribution in [-0.4, -0.2) is 64.6 Å². The number of sulfonamides is 1. The first-order chi connectivity index (χ1) is 12.9. The molecule has 8 nitrogen and oxygen atoms in total. The number of aromatic nitrogens is 3. The predicted molar refractivity (Wildman–Crippen MR) is 102 cm³/mol. The number of aromatic amines is 1. The number of pyridine rings is 1. The zero-order valence-corrected chi connectivity index (χ0v) is 16.5. The number of nitrogens with one attached hydrogen (secondary N) is 1. The van der Waals surface area contributed by atoms with E-state index in [9.17, 15) is 13.2 Å². The van der Waals surface area contributed by atoms with Crippen LogP contribution in [0.2, 0.25) is 0 Å². The Balaban J connectivity index is 1.67. The summed E-state index contributed by atoms with van der Waals surface area (Å²) in [6.07, 6.45) is 3.47. The first-order valence-electron chi connectivity index (χ1n) is 9.11.